The summed E-state index contributed by atoms with van der Waals surface area (Å²) in [5, 5.41) is 3.17. The average Bonchev–Trinajstić information content (AvgIpc) is 2.75. The van der Waals surface area contributed by atoms with Crippen LogP contribution < -0.4 is 5.32 Å². The zero-order chi connectivity index (χ0) is 20.1. The molecule has 4 rings (SSSR count). The molecule has 1 aliphatic rings. The van der Waals surface area contributed by atoms with Crippen molar-refractivity contribution in [2.75, 3.05) is 0 Å². The SMILES string of the molecule is O=C(Cc1ccc(F)cc1)N[C@@H]1c2ccccc2CC[C@@H]1OCc1ccccc1. The maximum atomic E-state index is 13.1. The van der Waals surface area contributed by atoms with E-state index in [0.717, 1.165) is 29.5 Å². The van der Waals surface area contributed by atoms with Gasteiger partial charge in [-0.05, 0) is 47.2 Å². The summed E-state index contributed by atoms with van der Waals surface area (Å²) in [6, 6.07) is 24.1. The Labute approximate surface area is 170 Å². The van der Waals surface area contributed by atoms with Crippen LogP contribution in [0.3, 0.4) is 0 Å². The molecule has 0 fully saturated rings. The molecule has 0 saturated heterocycles. The average molecular weight is 389 g/mol. The van der Waals surface area contributed by atoms with Gasteiger partial charge in [-0.3, -0.25) is 4.79 Å². The van der Waals surface area contributed by atoms with Crippen LogP contribution in [0.5, 0.6) is 0 Å². The largest absolute Gasteiger partial charge is 0.371 e. The van der Waals surface area contributed by atoms with Crippen LogP contribution in [0.25, 0.3) is 0 Å². The summed E-state index contributed by atoms with van der Waals surface area (Å²) in [7, 11) is 0. The number of halogens is 1. The molecule has 3 aromatic carbocycles. The van der Waals surface area contributed by atoms with Crippen molar-refractivity contribution in [1.82, 2.24) is 5.32 Å². The fourth-order valence-corrected chi connectivity index (χ4v) is 3.87. The molecule has 0 unspecified atom stereocenters. The predicted molar refractivity (Wildman–Crippen MR) is 111 cm³/mol. The van der Waals surface area contributed by atoms with Crippen molar-refractivity contribution < 1.29 is 13.9 Å². The highest BCUT2D eigenvalue weighted by Crippen LogP contribution is 2.32. The quantitative estimate of drug-likeness (QED) is 0.660. The fourth-order valence-electron chi connectivity index (χ4n) is 3.87. The lowest BCUT2D eigenvalue weighted by atomic mass is 9.85. The molecule has 0 aromatic heterocycles. The number of rotatable bonds is 6. The zero-order valence-electron chi connectivity index (χ0n) is 16.2. The summed E-state index contributed by atoms with van der Waals surface area (Å²) in [6.45, 7) is 0.512. The van der Waals surface area contributed by atoms with Crippen LogP contribution in [0.15, 0.2) is 78.9 Å². The minimum Gasteiger partial charge on any atom is -0.371 e. The number of carbonyl (C=O) groups excluding carboxylic acids is 1. The molecule has 29 heavy (non-hydrogen) atoms. The van der Waals surface area contributed by atoms with Crippen molar-refractivity contribution in [3.8, 4) is 0 Å². The van der Waals surface area contributed by atoms with Crippen LogP contribution >= 0.6 is 0 Å². The zero-order valence-corrected chi connectivity index (χ0v) is 16.2. The van der Waals surface area contributed by atoms with Crippen LogP contribution in [-0.4, -0.2) is 12.0 Å². The van der Waals surface area contributed by atoms with Crippen LogP contribution in [0, 0.1) is 5.82 Å². The molecule has 1 N–H and O–H groups in total. The van der Waals surface area contributed by atoms with E-state index in [1.807, 2.05) is 42.5 Å². The van der Waals surface area contributed by atoms with E-state index in [-0.39, 0.29) is 30.3 Å². The Bertz CT molecular complexity index is 956. The molecule has 0 heterocycles. The maximum Gasteiger partial charge on any atom is 0.224 e. The monoisotopic (exact) mass is 389 g/mol. The minimum atomic E-state index is -0.301. The third-order valence-corrected chi connectivity index (χ3v) is 5.36. The van der Waals surface area contributed by atoms with Crippen molar-refractivity contribution in [2.24, 2.45) is 0 Å². The molecule has 0 spiro atoms. The van der Waals surface area contributed by atoms with Gasteiger partial charge in [0.1, 0.15) is 5.82 Å². The van der Waals surface area contributed by atoms with Crippen LogP contribution in [-0.2, 0) is 29.0 Å². The molecule has 148 valence electrons. The summed E-state index contributed by atoms with van der Waals surface area (Å²) in [6.07, 6.45) is 1.90. The summed E-state index contributed by atoms with van der Waals surface area (Å²) in [4.78, 5) is 12.7. The van der Waals surface area contributed by atoms with Crippen molar-refractivity contribution in [2.45, 2.75) is 38.0 Å². The van der Waals surface area contributed by atoms with Gasteiger partial charge >= 0.3 is 0 Å². The Morgan fingerprint density at radius 1 is 0.931 bits per heavy atom. The molecule has 1 amide bonds. The van der Waals surface area contributed by atoms with Crippen LogP contribution in [0.2, 0.25) is 0 Å². The Hall–Kier alpha value is -2.98. The van der Waals surface area contributed by atoms with Gasteiger partial charge in [-0.15, -0.1) is 0 Å². The first-order valence-corrected chi connectivity index (χ1v) is 9.96. The number of hydrogen-bond acceptors (Lipinski definition) is 2. The second kappa shape index (κ2) is 9.01. The molecule has 4 heteroatoms. The highest BCUT2D eigenvalue weighted by Gasteiger charge is 2.31. The van der Waals surface area contributed by atoms with Gasteiger partial charge in [0, 0.05) is 0 Å². The topological polar surface area (TPSA) is 38.3 Å². The summed E-state index contributed by atoms with van der Waals surface area (Å²) >= 11 is 0. The Balaban J connectivity index is 1.49. The molecule has 0 saturated carbocycles. The molecule has 0 bridgehead atoms. The molecule has 0 aliphatic heterocycles. The smallest absolute Gasteiger partial charge is 0.224 e. The van der Waals surface area contributed by atoms with E-state index in [9.17, 15) is 9.18 Å². The van der Waals surface area contributed by atoms with E-state index in [2.05, 4.69) is 17.4 Å². The lowest BCUT2D eigenvalue weighted by molar-refractivity contribution is -0.122. The van der Waals surface area contributed by atoms with Gasteiger partial charge in [-0.25, -0.2) is 4.39 Å². The van der Waals surface area contributed by atoms with Gasteiger partial charge in [0.25, 0.3) is 0 Å². The van der Waals surface area contributed by atoms with E-state index in [4.69, 9.17) is 4.74 Å². The van der Waals surface area contributed by atoms with Crippen molar-refractivity contribution in [3.63, 3.8) is 0 Å². The standard InChI is InChI=1S/C25H24FNO2/c26-21-13-10-18(11-14-21)16-24(28)27-25-22-9-5-4-8-20(22)12-15-23(25)29-17-19-6-2-1-3-7-19/h1-11,13-14,23,25H,12,15-17H2,(H,27,28)/t23-,25+/m0/s1. The second-order valence-corrected chi connectivity index (χ2v) is 7.42. The molecular formula is C25H24FNO2. The molecular weight excluding hydrogens is 365 g/mol. The van der Waals surface area contributed by atoms with Gasteiger partial charge in [0.2, 0.25) is 5.91 Å². The lowest BCUT2D eigenvalue weighted by Crippen LogP contribution is -2.41. The van der Waals surface area contributed by atoms with Crippen molar-refractivity contribution in [3.05, 3.63) is 107 Å². The third-order valence-electron chi connectivity index (χ3n) is 5.36. The number of carbonyl (C=O) groups is 1. The van der Waals surface area contributed by atoms with Gasteiger partial charge in [-0.2, -0.15) is 0 Å². The maximum absolute atomic E-state index is 13.1. The molecule has 1 aliphatic carbocycles. The number of hydrogen-bond donors (Lipinski definition) is 1. The highest BCUT2D eigenvalue weighted by molar-refractivity contribution is 5.79. The highest BCUT2D eigenvalue weighted by atomic mass is 19.1. The van der Waals surface area contributed by atoms with Gasteiger partial charge < -0.3 is 10.1 Å². The van der Waals surface area contributed by atoms with Crippen LogP contribution in [0.1, 0.15) is 34.7 Å². The number of benzene rings is 3. The van der Waals surface area contributed by atoms with Crippen LogP contribution in [0.4, 0.5) is 4.39 Å². The number of nitrogens with one attached hydrogen (secondary N) is 1. The van der Waals surface area contributed by atoms with Gasteiger partial charge in [-0.1, -0.05) is 66.7 Å². The Morgan fingerprint density at radius 2 is 1.66 bits per heavy atom. The molecule has 2 atom stereocenters. The fraction of sp³-hybridized carbons (Fsp3) is 0.240. The first-order valence-electron chi connectivity index (χ1n) is 9.96. The van der Waals surface area contributed by atoms with Gasteiger partial charge in [0.15, 0.2) is 0 Å². The van der Waals surface area contributed by atoms with E-state index in [1.165, 1.54) is 17.7 Å². The van der Waals surface area contributed by atoms with Crippen molar-refractivity contribution in [1.29, 1.82) is 0 Å². The van der Waals surface area contributed by atoms with E-state index in [1.54, 1.807) is 12.1 Å². The number of ether oxygens (including phenoxy) is 1. The minimum absolute atomic E-state index is 0.0911. The first kappa shape index (κ1) is 19.3. The number of fused-ring (bicyclic) bond motifs is 1. The van der Waals surface area contributed by atoms with E-state index in [0.29, 0.717) is 6.61 Å². The predicted octanol–water partition coefficient (Wildman–Crippen LogP) is 4.76. The second-order valence-electron chi connectivity index (χ2n) is 7.42. The molecule has 3 nitrogen and oxygen atoms in total. The van der Waals surface area contributed by atoms with E-state index >= 15 is 0 Å². The summed E-state index contributed by atoms with van der Waals surface area (Å²) in [5.74, 6) is -0.392. The third kappa shape index (κ3) is 4.90. The lowest BCUT2D eigenvalue weighted by Gasteiger charge is -2.34. The molecule has 0 radical (unpaired) electrons. The summed E-state index contributed by atoms with van der Waals surface area (Å²) < 4.78 is 19.4. The number of aryl methyl sites for hydroxylation is 1. The van der Waals surface area contributed by atoms with E-state index < -0.39 is 0 Å². The summed E-state index contributed by atoms with van der Waals surface area (Å²) in [5.41, 5.74) is 4.26. The number of amides is 1. The van der Waals surface area contributed by atoms with Gasteiger partial charge in [0.05, 0.1) is 25.2 Å². The Morgan fingerprint density at radius 3 is 2.45 bits per heavy atom. The van der Waals surface area contributed by atoms with Crippen molar-refractivity contribution >= 4 is 5.91 Å². The first-order chi connectivity index (χ1) is 14.2. The Kier molecular flexibility index (Phi) is 6.01. The normalized spacial score (nSPS) is 18.1. The molecule has 3 aromatic rings.